The number of ketones is 2. The Bertz CT molecular complexity index is 770. The number of Topliss-reactive ketones (excluding diaryl/α,β-unsaturated/α-hetero) is 2. The number of carbonyl (C=O) groups excluding carboxylic acids is 2. The predicted octanol–water partition coefficient (Wildman–Crippen LogP) is 5.29. The standard InChI is InChI=1S/C21H24N2O2.C2H6/c1-4-6-12-18-19(13-7-5-2)23-15(3)21(25)17-11-9-8-10-16(17)20(24)14-22-18;1-2/h6-13,15H,4-5,14H2,1-3H3;1-2H3/b12-6+,13-7+,22-18?,23-19?;. The zero-order chi connectivity index (χ0) is 20.2. The maximum absolute atomic E-state index is 12.8. The number of carbonyl (C=O) groups is 2. The summed E-state index contributed by atoms with van der Waals surface area (Å²) in [5, 5.41) is 0. The lowest BCUT2D eigenvalue weighted by atomic mass is 9.96. The van der Waals surface area contributed by atoms with Crippen LogP contribution in [0.5, 0.6) is 0 Å². The van der Waals surface area contributed by atoms with E-state index in [-0.39, 0.29) is 18.1 Å². The van der Waals surface area contributed by atoms with E-state index in [0.29, 0.717) is 22.6 Å². The SMILES string of the molecule is CC.CC/C=C/C1=NCC(=O)c2ccccc2C(=O)C(C)N=C1/C=C/CC. The first-order chi connectivity index (χ1) is 13.1. The largest absolute Gasteiger partial charge is 0.292 e. The molecule has 27 heavy (non-hydrogen) atoms. The molecule has 0 saturated carbocycles. The highest BCUT2D eigenvalue weighted by Gasteiger charge is 2.22. The Balaban J connectivity index is 0.00000176. The van der Waals surface area contributed by atoms with Gasteiger partial charge in [0.05, 0.1) is 11.4 Å². The fourth-order valence-corrected chi connectivity index (χ4v) is 2.55. The van der Waals surface area contributed by atoms with Crippen molar-refractivity contribution in [2.24, 2.45) is 9.98 Å². The second-order valence-corrected chi connectivity index (χ2v) is 5.85. The van der Waals surface area contributed by atoms with Crippen LogP contribution in [-0.4, -0.2) is 35.6 Å². The first-order valence-electron chi connectivity index (χ1n) is 9.70. The zero-order valence-corrected chi connectivity index (χ0v) is 17.0. The highest BCUT2D eigenvalue weighted by Crippen LogP contribution is 2.16. The van der Waals surface area contributed by atoms with Gasteiger partial charge in [-0.2, -0.15) is 0 Å². The maximum atomic E-state index is 12.8. The van der Waals surface area contributed by atoms with Crippen LogP contribution in [-0.2, 0) is 0 Å². The van der Waals surface area contributed by atoms with Gasteiger partial charge in [0.2, 0.25) is 0 Å². The summed E-state index contributed by atoms with van der Waals surface area (Å²) < 4.78 is 0. The van der Waals surface area contributed by atoms with Gasteiger partial charge in [0, 0.05) is 11.1 Å². The van der Waals surface area contributed by atoms with Crippen LogP contribution in [0.1, 0.15) is 68.2 Å². The Morgan fingerprint density at radius 3 is 2.11 bits per heavy atom. The van der Waals surface area contributed by atoms with Crippen LogP contribution < -0.4 is 0 Å². The van der Waals surface area contributed by atoms with Crippen LogP contribution in [0.4, 0.5) is 0 Å². The van der Waals surface area contributed by atoms with Crippen molar-refractivity contribution in [3.05, 3.63) is 59.7 Å². The highest BCUT2D eigenvalue weighted by atomic mass is 16.1. The van der Waals surface area contributed by atoms with Gasteiger partial charge in [-0.05, 0) is 31.9 Å². The molecule has 4 nitrogen and oxygen atoms in total. The normalized spacial score (nSPS) is 17.9. The first-order valence-corrected chi connectivity index (χ1v) is 9.70. The molecule has 144 valence electrons. The molecule has 0 fully saturated rings. The quantitative estimate of drug-likeness (QED) is 0.726. The van der Waals surface area contributed by atoms with Crippen LogP contribution in [0.2, 0.25) is 0 Å². The van der Waals surface area contributed by atoms with Gasteiger partial charge in [0.25, 0.3) is 0 Å². The third-order valence-electron chi connectivity index (χ3n) is 3.88. The molecule has 0 radical (unpaired) electrons. The number of nitrogens with zero attached hydrogens (tertiary/aromatic N) is 2. The van der Waals surface area contributed by atoms with E-state index in [1.54, 1.807) is 31.2 Å². The van der Waals surface area contributed by atoms with E-state index in [1.807, 2.05) is 52.0 Å². The number of benzene rings is 1. The van der Waals surface area contributed by atoms with Gasteiger partial charge >= 0.3 is 0 Å². The lowest BCUT2D eigenvalue weighted by Gasteiger charge is -2.14. The molecule has 1 heterocycles. The van der Waals surface area contributed by atoms with E-state index in [2.05, 4.69) is 9.98 Å². The Morgan fingerprint density at radius 1 is 0.963 bits per heavy atom. The Labute approximate surface area is 162 Å². The second-order valence-electron chi connectivity index (χ2n) is 5.85. The number of hydrogen-bond acceptors (Lipinski definition) is 4. The predicted molar refractivity (Wildman–Crippen MR) is 115 cm³/mol. The van der Waals surface area contributed by atoms with Crippen molar-refractivity contribution >= 4 is 23.0 Å². The van der Waals surface area contributed by atoms with Crippen molar-refractivity contribution in [3.63, 3.8) is 0 Å². The summed E-state index contributed by atoms with van der Waals surface area (Å²) in [6.45, 7) is 9.82. The molecular formula is C23H30N2O2. The summed E-state index contributed by atoms with van der Waals surface area (Å²) in [7, 11) is 0. The summed E-state index contributed by atoms with van der Waals surface area (Å²) in [5.74, 6) is -0.300. The summed E-state index contributed by atoms with van der Waals surface area (Å²) in [5.41, 5.74) is 2.12. The molecule has 1 atom stereocenters. The van der Waals surface area contributed by atoms with Gasteiger partial charge in [-0.3, -0.25) is 19.6 Å². The maximum Gasteiger partial charge on any atom is 0.187 e. The van der Waals surface area contributed by atoms with Gasteiger partial charge in [-0.15, -0.1) is 0 Å². The molecule has 0 N–H and O–H groups in total. The average Bonchev–Trinajstić information content (AvgIpc) is 2.71. The monoisotopic (exact) mass is 366 g/mol. The second kappa shape index (κ2) is 11.9. The average molecular weight is 367 g/mol. The minimum absolute atomic E-state index is 0.00104. The van der Waals surface area contributed by atoms with Gasteiger partial charge in [0.1, 0.15) is 12.6 Å². The van der Waals surface area contributed by atoms with Gasteiger partial charge in [-0.1, -0.05) is 64.1 Å². The lowest BCUT2D eigenvalue weighted by Crippen LogP contribution is -2.24. The van der Waals surface area contributed by atoms with E-state index in [1.165, 1.54) is 0 Å². The van der Waals surface area contributed by atoms with E-state index in [9.17, 15) is 9.59 Å². The number of hydrogen-bond donors (Lipinski definition) is 0. The molecule has 1 aliphatic heterocycles. The van der Waals surface area contributed by atoms with Crippen LogP contribution in [0.3, 0.4) is 0 Å². The third kappa shape index (κ3) is 6.24. The number of fused-ring (bicyclic) bond motifs is 1. The fourth-order valence-electron chi connectivity index (χ4n) is 2.55. The van der Waals surface area contributed by atoms with E-state index < -0.39 is 6.04 Å². The zero-order valence-electron chi connectivity index (χ0n) is 17.0. The Kier molecular flexibility index (Phi) is 9.88. The molecule has 1 aromatic rings. The molecule has 1 aromatic carbocycles. The molecule has 1 aliphatic rings. The molecular weight excluding hydrogens is 336 g/mol. The van der Waals surface area contributed by atoms with Crippen molar-refractivity contribution < 1.29 is 9.59 Å². The summed E-state index contributed by atoms with van der Waals surface area (Å²) in [6, 6.07) is 6.32. The minimum Gasteiger partial charge on any atom is -0.292 e. The van der Waals surface area contributed by atoms with Crippen molar-refractivity contribution in [1.82, 2.24) is 0 Å². The smallest absolute Gasteiger partial charge is 0.187 e. The van der Waals surface area contributed by atoms with E-state index >= 15 is 0 Å². The number of aliphatic imine (C=N–C) groups is 2. The van der Waals surface area contributed by atoms with Gasteiger partial charge in [0.15, 0.2) is 11.6 Å². The Hall–Kier alpha value is -2.62. The molecule has 0 saturated heterocycles. The van der Waals surface area contributed by atoms with Crippen LogP contribution in [0, 0.1) is 0 Å². The van der Waals surface area contributed by atoms with Crippen molar-refractivity contribution in [2.45, 2.75) is 53.5 Å². The molecule has 1 unspecified atom stereocenters. The topological polar surface area (TPSA) is 58.9 Å². The summed E-state index contributed by atoms with van der Waals surface area (Å²) in [6.07, 6.45) is 9.41. The summed E-state index contributed by atoms with van der Waals surface area (Å²) in [4.78, 5) is 34.5. The molecule has 2 rings (SSSR count). The van der Waals surface area contributed by atoms with Gasteiger partial charge < -0.3 is 0 Å². The Morgan fingerprint density at radius 2 is 1.52 bits per heavy atom. The van der Waals surface area contributed by atoms with Crippen LogP contribution in [0.25, 0.3) is 0 Å². The van der Waals surface area contributed by atoms with Crippen LogP contribution in [0.15, 0.2) is 58.6 Å². The van der Waals surface area contributed by atoms with Gasteiger partial charge in [-0.25, -0.2) is 0 Å². The molecule has 0 bridgehead atoms. The minimum atomic E-state index is -0.580. The fraction of sp³-hybridized carbons (Fsp3) is 0.391. The number of rotatable bonds is 4. The third-order valence-corrected chi connectivity index (χ3v) is 3.88. The molecule has 0 aliphatic carbocycles. The highest BCUT2D eigenvalue weighted by molar-refractivity contribution is 6.50. The van der Waals surface area contributed by atoms with E-state index in [4.69, 9.17) is 0 Å². The van der Waals surface area contributed by atoms with E-state index in [0.717, 1.165) is 12.8 Å². The number of allylic oxidation sites excluding steroid dienone is 4. The first kappa shape index (κ1) is 22.4. The molecule has 0 aromatic heterocycles. The van der Waals surface area contributed by atoms with Crippen molar-refractivity contribution in [1.29, 1.82) is 0 Å². The molecule has 0 spiro atoms. The molecule has 0 amide bonds. The van der Waals surface area contributed by atoms with Crippen molar-refractivity contribution in [2.75, 3.05) is 6.54 Å². The van der Waals surface area contributed by atoms with Crippen LogP contribution >= 0.6 is 0 Å². The molecule has 4 heteroatoms. The van der Waals surface area contributed by atoms with Crippen molar-refractivity contribution in [3.8, 4) is 0 Å². The summed E-state index contributed by atoms with van der Waals surface area (Å²) >= 11 is 0. The lowest BCUT2D eigenvalue weighted by molar-refractivity contribution is 0.0949.